The molecule has 1 aliphatic rings. The molecule has 1 aliphatic heterocycles. The van der Waals surface area contributed by atoms with E-state index >= 15 is 0 Å². The lowest BCUT2D eigenvalue weighted by molar-refractivity contribution is -0.135. The van der Waals surface area contributed by atoms with Crippen LogP contribution < -0.4 is 5.32 Å². The molecule has 3 heterocycles. The number of benzene rings is 1. The van der Waals surface area contributed by atoms with Crippen LogP contribution in [0.25, 0.3) is 0 Å². The average molecular weight is 429 g/mol. The van der Waals surface area contributed by atoms with Crippen LogP contribution >= 0.6 is 22.7 Å². The highest BCUT2D eigenvalue weighted by molar-refractivity contribution is 7.10. The van der Waals surface area contributed by atoms with Gasteiger partial charge in [-0.15, -0.1) is 22.7 Å². The summed E-state index contributed by atoms with van der Waals surface area (Å²) in [6.45, 7) is 3.77. The van der Waals surface area contributed by atoms with E-state index in [2.05, 4.69) is 5.32 Å². The van der Waals surface area contributed by atoms with Crippen LogP contribution in [-0.4, -0.2) is 16.7 Å². The summed E-state index contributed by atoms with van der Waals surface area (Å²) < 4.78 is 13.6. The van der Waals surface area contributed by atoms with Gasteiger partial charge in [-0.2, -0.15) is 0 Å². The number of thiophene rings is 2. The third-order valence-electron chi connectivity index (χ3n) is 5.42. The summed E-state index contributed by atoms with van der Waals surface area (Å²) >= 11 is 3.07. The summed E-state index contributed by atoms with van der Waals surface area (Å²) in [5.74, 6) is -0.934. The Morgan fingerprint density at radius 1 is 0.966 bits per heavy atom. The third-order valence-corrected chi connectivity index (χ3v) is 7.31. The maximum Gasteiger partial charge on any atom is 0.322 e. The largest absolute Gasteiger partial charge is 0.322 e. The number of amides is 2. The van der Waals surface area contributed by atoms with Crippen molar-refractivity contribution in [1.29, 1.82) is 0 Å². The van der Waals surface area contributed by atoms with Gasteiger partial charge in [0.05, 0.1) is 12.1 Å². The summed E-state index contributed by atoms with van der Waals surface area (Å²) in [5, 5.41) is 6.74. The zero-order chi connectivity index (χ0) is 20.5. The highest BCUT2D eigenvalue weighted by Gasteiger charge is 2.48. The van der Waals surface area contributed by atoms with Gasteiger partial charge < -0.3 is 10.2 Å². The van der Waals surface area contributed by atoms with Gasteiger partial charge in [-0.3, -0.25) is 4.79 Å². The first kappa shape index (κ1) is 19.8. The second kappa shape index (κ2) is 8.08. The number of nitrogens with zero attached hydrogens (tertiary/aromatic N) is 1. The molecule has 7 heteroatoms. The molecular formula is C22H21FN2O2S2. The Bertz CT molecular complexity index is 954. The van der Waals surface area contributed by atoms with Crippen LogP contribution in [0.15, 0.2) is 59.3 Å². The molecule has 0 spiro atoms. The van der Waals surface area contributed by atoms with Crippen LogP contribution in [-0.2, 0) is 4.79 Å². The van der Waals surface area contributed by atoms with E-state index in [0.717, 1.165) is 9.75 Å². The van der Waals surface area contributed by atoms with Crippen molar-refractivity contribution < 1.29 is 14.0 Å². The molecule has 1 fully saturated rings. The topological polar surface area (TPSA) is 49.4 Å². The van der Waals surface area contributed by atoms with Crippen molar-refractivity contribution in [3.8, 4) is 0 Å². The number of urea groups is 1. The molecule has 1 saturated heterocycles. The van der Waals surface area contributed by atoms with Crippen molar-refractivity contribution in [2.75, 3.05) is 5.32 Å². The predicted octanol–water partition coefficient (Wildman–Crippen LogP) is 6.12. The van der Waals surface area contributed by atoms with Crippen molar-refractivity contribution in [3.63, 3.8) is 0 Å². The van der Waals surface area contributed by atoms with Crippen LogP contribution in [0.3, 0.4) is 0 Å². The van der Waals surface area contributed by atoms with E-state index in [4.69, 9.17) is 0 Å². The molecule has 4 atom stereocenters. The number of nitrogens with one attached hydrogen (secondary N) is 1. The zero-order valence-corrected chi connectivity index (χ0v) is 17.7. The molecule has 0 unspecified atom stereocenters. The minimum Gasteiger partial charge on any atom is -0.308 e. The fourth-order valence-electron chi connectivity index (χ4n) is 4.07. The molecule has 2 amide bonds. The summed E-state index contributed by atoms with van der Waals surface area (Å²) in [5.41, 5.74) is 0.391. The SMILES string of the molecule is C[C@@H]1C(=O)[C@H](C)[C@@H](c2cccs2)N(C(=O)Nc2cccc(F)c2)[C@H]1c1cccs1. The monoisotopic (exact) mass is 428 g/mol. The van der Waals surface area contributed by atoms with E-state index in [1.165, 1.54) is 34.8 Å². The van der Waals surface area contributed by atoms with Crippen LogP contribution in [0.4, 0.5) is 14.9 Å². The smallest absolute Gasteiger partial charge is 0.308 e. The number of carbonyl (C=O) groups excluding carboxylic acids is 2. The molecule has 29 heavy (non-hydrogen) atoms. The van der Waals surface area contributed by atoms with Gasteiger partial charge in [0.25, 0.3) is 0 Å². The van der Waals surface area contributed by atoms with E-state index < -0.39 is 5.82 Å². The molecule has 0 radical (unpaired) electrons. The van der Waals surface area contributed by atoms with E-state index in [1.54, 1.807) is 17.0 Å². The minimum atomic E-state index is -0.414. The Hall–Kier alpha value is -2.51. The number of likely N-dealkylation sites (tertiary alicyclic amines) is 1. The zero-order valence-electron chi connectivity index (χ0n) is 16.0. The Morgan fingerprint density at radius 2 is 1.55 bits per heavy atom. The van der Waals surface area contributed by atoms with Crippen LogP contribution in [0, 0.1) is 17.7 Å². The van der Waals surface area contributed by atoms with Crippen molar-refractivity contribution in [3.05, 3.63) is 74.9 Å². The number of halogens is 1. The molecule has 150 valence electrons. The first-order valence-electron chi connectivity index (χ1n) is 9.43. The lowest BCUT2D eigenvalue weighted by Gasteiger charge is -2.47. The van der Waals surface area contributed by atoms with Gasteiger partial charge in [-0.25, -0.2) is 9.18 Å². The normalized spacial score (nSPS) is 24.5. The minimum absolute atomic E-state index is 0.150. The number of anilines is 1. The number of rotatable bonds is 3. The van der Waals surface area contributed by atoms with E-state index in [9.17, 15) is 14.0 Å². The molecular weight excluding hydrogens is 407 g/mol. The molecule has 2 aromatic heterocycles. The van der Waals surface area contributed by atoms with Gasteiger partial charge in [0.1, 0.15) is 11.6 Å². The molecule has 0 bridgehead atoms. The van der Waals surface area contributed by atoms with Crippen molar-refractivity contribution in [1.82, 2.24) is 4.90 Å². The molecule has 1 N–H and O–H groups in total. The van der Waals surface area contributed by atoms with E-state index in [-0.39, 0.29) is 35.7 Å². The average Bonchev–Trinajstić information content (AvgIpc) is 3.40. The fourth-order valence-corrected chi connectivity index (χ4v) is 5.93. The number of hydrogen-bond donors (Lipinski definition) is 1. The summed E-state index contributed by atoms with van der Waals surface area (Å²) in [6.07, 6.45) is 0. The van der Waals surface area contributed by atoms with Gasteiger partial charge in [0.15, 0.2) is 0 Å². The van der Waals surface area contributed by atoms with Crippen LogP contribution in [0.2, 0.25) is 0 Å². The first-order chi connectivity index (χ1) is 14.0. The van der Waals surface area contributed by atoms with Crippen LogP contribution in [0.1, 0.15) is 35.7 Å². The lowest BCUT2D eigenvalue weighted by Crippen LogP contribution is -2.52. The summed E-state index contributed by atoms with van der Waals surface area (Å²) in [7, 11) is 0. The van der Waals surface area contributed by atoms with Crippen molar-refractivity contribution >= 4 is 40.2 Å². The maximum atomic E-state index is 13.6. The highest BCUT2D eigenvalue weighted by Crippen LogP contribution is 2.48. The van der Waals surface area contributed by atoms with E-state index in [0.29, 0.717) is 5.69 Å². The Kier molecular flexibility index (Phi) is 5.52. The van der Waals surface area contributed by atoms with Crippen molar-refractivity contribution in [2.24, 2.45) is 11.8 Å². The highest BCUT2D eigenvalue weighted by atomic mass is 32.1. The molecule has 4 nitrogen and oxygen atoms in total. The second-order valence-electron chi connectivity index (χ2n) is 7.25. The molecule has 0 aliphatic carbocycles. The fraction of sp³-hybridized carbons (Fsp3) is 0.273. The Balaban J connectivity index is 1.78. The first-order valence-corrected chi connectivity index (χ1v) is 11.2. The Labute approximate surface area is 177 Å². The second-order valence-corrected chi connectivity index (χ2v) is 9.21. The van der Waals surface area contributed by atoms with Gasteiger partial charge in [-0.05, 0) is 41.1 Å². The third kappa shape index (κ3) is 3.72. The number of hydrogen-bond acceptors (Lipinski definition) is 4. The van der Waals surface area contributed by atoms with Crippen molar-refractivity contribution in [2.45, 2.75) is 25.9 Å². The summed E-state index contributed by atoms with van der Waals surface area (Å²) in [4.78, 5) is 30.3. The number of Topliss-reactive ketones (excluding diaryl/α,β-unsaturated/α-hetero) is 1. The lowest BCUT2D eigenvalue weighted by atomic mass is 9.78. The standard InChI is InChI=1S/C22H21FN2O2S2/c1-13-19(17-8-4-10-28-17)25(22(27)24-16-7-3-6-15(23)12-16)20(14(2)21(13)26)18-9-5-11-29-18/h3-14,19-20H,1-2H3,(H,24,27)/t13-,14+,19+,20-. The molecule has 1 aromatic carbocycles. The predicted molar refractivity (Wildman–Crippen MR) is 115 cm³/mol. The van der Waals surface area contributed by atoms with Gasteiger partial charge in [0, 0.05) is 27.3 Å². The molecule has 3 aromatic rings. The quantitative estimate of drug-likeness (QED) is 0.546. The number of carbonyl (C=O) groups is 2. The maximum absolute atomic E-state index is 13.6. The van der Waals surface area contributed by atoms with Crippen LogP contribution in [0.5, 0.6) is 0 Å². The number of piperidine rings is 1. The molecule has 0 saturated carbocycles. The summed E-state index contributed by atoms with van der Waals surface area (Å²) in [6, 6.07) is 12.5. The number of ketones is 1. The molecule has 4 rings (SSSR count). The van der Waals surface area contributed by atoms with Gasteiger partial charge in [-0.1, -0.05) is 32.0 Å². The van der Waals surface area contributed by atoms with E-state index in [1.807, 2.05) is 48.9 Å². The van der Waals surface area contributed by atoms with Gasteiger partial charge >= 0.3 is 6.03 Å². The van der Waals surface area contributed by atoms with Gasteiger partial charge in [0.2, 0.25) is 0 Å². The Morgan fingerprint density at radius 3 is 2.03 bits per heavy atom.